The zero-order chi connectivity index (χ0) is 20.2. The van der Waals surface area contributed by atoms with E-state index in [-0.39, 0.29) is 23.5 Å². The molecule has 0 saturated carbocycles. The zero-order valence-corrected chi connectivity index (χ0v) is 16.2. The monoisotopic (exact) mass is 391 g/mol. The third-order valence-electron chi connectivity index (χ3n) is 5.49. The lowest BCUT2D eigenvalue weighted by molar-refractivity contribution is -0.126. The smallest absolute Gasteiger partial charge is 0.270 e. The van der Waals surface area contributed by atoms with Crippen molar-refractivity contribution in [2.75, 3.05) is 19.6 Å². The van der Waals surface area contributed by atoms with E-state index in [9.17, 15) is 14.7 Å². The van der Waals surface area contributed by atoms with Gasteiger partial charge in [-0.25, -0.2) is 0 Å². The Labute approximate surface area is 169 Å². The van der Waals surface area contributed by atoms with Crippen LogP contribution >= 0.6 is 0 Å². The molecule has 1 aliphatic heterocycles. The molecule has 1 aliphatic rings. The van der Waals surface area contributed by atoms with Crippen molar-refractivity contribution >= 4 is 22.7 Å². The number of carbonyl (C=O) groups is 2. The number of rotatable bonds is 5. The fraction of sp³-hybridized carbons (Fsp3) is 0.304. The van der Waals surface area contributed by atoms with Crippen molar-refractivity contribution in [2.45, 2.75) is 19.3 Å². The maximum atomic E-state index is 12.9. The lowest BCUT2D eigenvalue weighted by Crippen LogP contribution is -2.45. The molecule has 0 spiro atoms. The van der Waals surface area contributed by atoms with Gasteiger partial charge in [0.05, 0.1) is 5.92 Å². The maximum absolute atomic E-state index is 12.9. The molecule has 3 aromatic rings. The van der Waals surface area contributed by atoms with E-state index in [1.54, 1.807) is 17.0 Å². The number of phenols is 1. The quantitative estimate of drug-likeness (QED) is 0.625. The molecule has 6 heteroatoms. The molecule has 4 rings (SSSR count). The number of nitrogens with one attached hydrogen (secondary N) is 2. The average Bonchev–Trinajstić information content (AvgIpc) is 3.19. The number of piperidine rings is 1. The number of hydrogen-bond donors (Lipinski definition) is 3. The number of amides is 2. The Morgan fingerprint density at radius 2 is 1.93 bits per heavy atom. The predicted molar refractivity (Wildman–Crippen MR) is 112 cm³/mol. The van der Waals surface area contributed by atoms with E-state index in [1.807, 2.05) is 42.5 Å². The molecule has 2 amide bonds. The average molecular weight is 391 g/mol. The van der Waals surface area contributed by atoms with Crippen LogP contribution in [-0.2, 0) is 11.2 Å². The topological polar surface area (TPSA) is 85.4 Å². The van der Waals surface area contributed by atoms with Crippen molar-refractivity contribution in [3.05, 3.63) is 65.9 Å². The molecular formula is C23H25N3O3. The van der Waals surface area contributed by atoms with Crippen molar-refractivity contribution in [3.8, 4) is 5.75 Å². The Kier molecular flexibility index (Phi) is 5.51. The number of carbonyl (C=O) groups excluding carboxylic acids is 2. The van der Waals surface area contributed by atoms with Crippen LogP contribution in [0.2, 0.25) is 0 Å². The number of fused-ring (bicyclic) bond motifs is 1. The molecule has 1 aromatic heterocycles. The fourth-order valence-electron chi connectivity index (χ4n) is 3.87. The summed E-state index contributed by atoms with van der Waals surface area (Å²) in [5.74, 6) is -0.00247. The second-order valence-electron chi connectivity index (χ2n) is 7.57. The minimum absolute atomic E-state index is 0.00192. The van der Waals surface area contributed by atoms with Crippen LogP contribution in [0, 0.1) is 5.92 Å². The summed E-state index contributed by atoms with van der Waals surface area (Å²) in [4.78, 5) is 30.5. The van der Waals surface area contributed by atoms with Crippen LogP contribution in [0.25, 0.3) is 10.9 Å². The van der Waals surface area contributed by atoms with Crippen molar-refractivity contribution < 1.29 is 14.7 Å². The fourth-order valence-corrected chi connectivity index (χ4v) is 3.87. The number of aromatic amines is 1. The second-order valence-corrected chi connectivity index (χ2v) is 7.57. The standard InChI is InChI=1S/C23H25N3O3/c27-19-9-7-16(8-10-19)11-12-24-22(28)18-5-3-13-26(15-18)23(29)21-14-17-4-1-2-6-20(17)25-21/h1-2,4,6-10,14,18,25,27H,3,5,11-13,15H2,(H,24,28). The normalized spacial score (nSPS) is 16.7. The molecule has 1 unspecified atom stereocenters. The van der Waals surface area contributed by atoms with Crippen LogP contribution in [0.15, 0.2) is 54.6 Å². The van der Waals surface area contributed by atoms with E-state index in [0.717, 1.165) is 29.3 Å². The Balaban J connectivity index is 1.32. The largest absolute Gasteiger partial charge is 0.508 e. The lowest BCUT2D eigenvalue weighted by atomic mass is 9.96. The SMILES string of the molecule is O=C(NCCc1ccc(O)cc1)C1CCCN(C(=O)c2cc3ccccc3[nH]2)C1. The van der Waals surface area contributed by atoms with E-state index < -0.39 is 0 Å². The summed E-state index contributed by atoms with van der Waals surface area (Å²) >= 11 is 0. The second kappa shape index (κ2) is 8.39. The number of benzene rings is 2. The Morgan fingerprint density at radius 1 is 1.14 bits per heavy atom. The molecule has 2 aromatic carbocycles. The van der Waals surface area contributed by atoms with Gasteiger partial charge in [0, 0.05) is 30.5 Å². The van der Waals surface area contributed by atoms with Gasteiger partial charge in [-0.2, -0.15) is 0 Å². The molecule has 2 heterocycles. The van der Waals surface area contributed by atoms with E-state index in [4.69, 9.17) is 0 Å². The van der Waals surface area contributed by atoms with Crippen molar-refractivity contribution in [1.29, 1.82) is 0 Å². The first-order valence-corrected chi connectivity index (χ1v) is 10.0. The van der Waals surface area contributed by atoms with Crippen LogP contribution in [-0.4, -0.2) is 46.4 Å². The molecule has 0 bridgehead atoms. The molecule has 0 radical (unpaired) electrons. The number of hydrogen-bond acceptors (Lipinski definition) is 3. The van der Waals surface area contributed by atoms with E-state index in [2.05, 4.69) is 10.3 Å². The van der Waals surface area contributed by atoms with Gasteiger partial charge < -0.3 is 20.3 Å². The molecular weight excluding hydrogens is 366 g/mol. The molecule has 0 aliphatic carbocycles. The molecule has 1 saturated heterocycles. The zero-order valence-electron chi connectivity index (χ0n) is 16.2. The highest BCUT2D eigenvalue weighted by Gasteiger charge is 2.29. The summed E-state index contributed by atoms with van der Waals surface area (Å²) in [5, 5.41) is 13.3. The number of nitrogens with zero attached hydrogens (tertiary/aromatic N) is 1. The van der Waals surface area contributed by atoms with Gasteiger partial charge in [-0.1, -0.05) is 30.3 Å². The number of likely N-dealkylation sites (tertiary alicyclic amines) is 1. The van der Waals surface area contributed by atoms with Crippen molar-refractivity contribution in [1.82, 2.24) is 15.2 Å². The first kappa shape index (κ1) is 19.1. The summed E-state index contributed by atoms with van der Waals surface area (Å²) in [6.07, 6.45) is 2.32. The van der Waals surface area contributed by atoms with E-state index in [0.29, 0.717) is 31.7 Å². The van der Waals surface area contributed by atoms with E-state index in [1.165, 1.54) is 0 Å². The van der Waals surface area contributed by atoms with Gasteiger partial charge in [-0.05, 0) is 49.1 Å². The van der Waals surface area contributed by atoms with Gasteiger partial charge >= 0.3 is 0 Å². The predicted octanol–water partition coefficient (Wildman–Crippen LogP) is 3.08. The van der Waals surface area contributed by atoms with Crippen molar-refractivity contribution in [3.63, 3.8) is 0 Å². The lowest BCUT2D eigenvalue weighted by Gasteiger charge is -2.31. The van der Waals surface area contributed by atoms with Crippen LogP contribution < -0.4 is 5.32 Å². The highest BCUT2D eigenvalue weighted by atomic mass is 16.3. The molecule has 3 N–H and O–H groups in total. The summed E-state index contributed by atoms with van der Waals surface area (Å²) in [7, 11) is 0. The van der Waals surface area contributed by atoms with Crippen molar-refractivity contribution in [2.24, 2.45) is 5.92 Å². The number of phenolic OH excluding ortho intramolecular Hbond substituents is 1. The van der Waals surface area contributed by atoms with Gasteiger partial charge in [-0.15, -0.1) is 0 Å². The summed E-state index contributed by atoms with van der Waals surface area (Å²) in [5.41, 5.74) is 2.57. The number of H-pyrrole nitrogens is 1. The number of aromatic hydroxyl groups is 1. The van der Waals surface area contributed by atoms with Gasteiger partial charge in [-0.3, -0.25) is 9.59 Å². The number of para-hydroxylation sites is 1. The first-order valence-electron chi connectivity index (χ1n) is 10.0. The third kappa shape index (κ3) is 4.42. The van der Waals surface area contributed by atoms with Gasteiger partial charge in [0.2, 0.25) is 5.91 Å². The summed E-state index contributed by atoms with van der Waals surface area (Å²) < 4.78 is 0. The Bertz CT molecular complexity index is 977. The maximum Gasteiger partial charge on any atom is 0.270 e. The Morgan fingerprint density at radius 3 is 2.72 bits per heavy atom. The van der Waals surface area contributed by atoms with E-state index >= 15 is 0 Å². The molecule has 29 heavy (non-hydrogen) atoms. The van der Waals surface area contributed by atoms with Gasteiger partial charge in [0.15, 0.2) is 0 Å². The third-order valence-corrected chi connectivity index (χ3v) is 5.49. The highest BCUT2D eigenvalue weighted by Crippen LogP contribution is 2.21. The minimum atomic E-state index is -0.183. The minimum Gasteiger partial charge on any atom is -0.508 e. The summed E-state index contributed by atoms with van der Waals surface area (Å²) in [6.45, 7) is 1.65. The number of aromatic nitrogens is 1. The molecule has 6 nitrogen and oxygen atoms in total. The van der Waals surface area contributed by atoms with Gasteiger partial charge in [0.25, 0.3) is 5.91 Å². The first-order chi connectivity index (χ1) is 14.1. The van der Waals surface area contributed by atoms with Crippen LogP contribution in [0.5, 0.6) is 5.75 Å². The van der Waals surface area contributed by atoms with Crippen LogP contribution in [0.1, 0.15) is 28.9 Å². The molecule has 1 fully saturated rings. The highest BCUT2D eigenvalue weighted by molar-refractivity contribution is 5.98. The molecule has 1 atom stereocenters. The summed E-state index contributed by atoms with van der Waals surface area (Å²) in [6, 6.07) is 16.7. The van der Waals surface area contributed by atoms with Crippen LogP contribution in [0.3, 0.4) is 0 Å². The van der Waals surface area contributed by atoms with Gasteiger partial charge in [0.1, 0.15) is 11.4 Å². The Hall–Kier alpha value is -3.28. The molecule has 150 valence electrons. The van der Waals surface area contributed by atoms with Crippen LogP contribution in [0.4, 0.5) is 0 Å².